The zero-order chi connectivity index (χ0) is 16.7. The topological polar surface area (TPSA) is 45.2 Å². The van der Waals surface area contributed by atoms with Crippen molar-refractivity contribution in [2.24, 2.45) is 0 Å². The maximum absolute atomic E-state index is 4.72. The fourth-order valence-corrected chi connectivity index (χ4v) is 4.33. The first-order valence-electron chi connectivity index (χ1n) is 8.13. The van der Waals surface area contributed by atoms with Crippen molar-refractivity contribution in [3.63, 3.8) is 0 Å². The monoisotopic (exact) mass is 405 g/mol. The Balaban J connectivity index is 1.45. The van der Waals surface area contributed by atoms with E-state index >= 15 is 0 Å². The van der Waals surface area contributed by atoms with Crippen LogP contribution in [0.2, 0.25) is 0 Å². The molecule has 3 fully saturated rings. The molecule has 3 saturated heterocycles. The van der Waals surface area contributed by atoms with E-state index in [1.54, 1.807) is 11.8 Å². The van der Waals surface area contributed by atoms with Crippen molar-refractivity contribution in [1.29, 1.82) is 0 Å². The summed E-state index contributed by atoms with van der Waals surface area (Å²) in [5.41, 5.74) is 2.18. The minimum absolute atomic E-state index is 0.559. The summed E-state index contributed by atoms with van der Waals surface area (Å²) in [6.07, 6.45) is 5.17. The van der Waals surface area contributed by atoms with Gasteiger partial charge in [-0.2, -0.15) is 0 Å². The first kappa shape index (κ1) is 16.3. The maximum Gasteiger partial charge on any atom is 0.189 e. The molecular weight excluding hydrogens is 386 g/mol. The Hall–Kier alpha value is -1.18. The van der Waals surface area contributed by atoms with E-state index < -0.39 is 0 Å². The smallest absolute Gasteiger partial charge is 0.189 e. The van der Waals surface area contributed by atoms with Gasteiger partial charge in [-0.25, -0.2) is 9.97 Å². The highest BCUT2D eigenvalue weighted by Gasteiger charge is 2.45. The highest BCUT2D eigenvalue weighted by atomic mass is 79.9. The predicted molar refractivity (Wildman–Crippen MR) is 100 cm³/mol. The van der Waals surface area contributed by atoms with Crippen molar-refractivity contribution >= 4 is 33.5 Å². The molecular formula is C17H20BrN5S. The summed E-state index contributed by atoms with van der Waals surface area (Å²) in [6.45, 7) is 5.12. The first-order valence-corrected chi connectivity index (χ1v) is 10.1. The normalized spacial score (nSPS) is 23.2. The Kier molecular flexibility index (Phi) is 4.49. The van der Waals surface area contributed by atoms with Crippen molar-refractivity contribution in [1.82, 2.24) is 19.9 Å². The number of pyridine rings is 1. The molecule has 0 N–H and O–H groups in total. The van der Waals surface area contributed by atoms with E-state index in [1.165, 1.54) is 6.42 Å². The van der Waals surface area contributed by atoms with Gasteiger partial charge in [0.25, 0.3) is 0 Å². The predicted octanol–water partition coefficient (Wildman–Crippen LogP) is 3.13. The van der Waals surface area contributed by atoms with Crippen LogP contribution in [-0.2, 0) is 6.54 Å². The van der Waals surface area contributed by atoms with E-state index in [0.717, 1.165) is 46.5 Å². The van der Waals surface area contributed by atoms with Gasteiger partial charge in [0.1, 0.15) is 5.82 Å². The molecule has 2 aromatic heterocycles. The summed E-state index contributed by atoms with van der Waals surface area (Å²) in [5, 5.41) is 0.867. The summed E-state index contributed by atoms with van der Waals surface area (Å²) in [6, 6.07) is 7.39. The van der Waals surface area contributed by atoms with Gasteiger partial charge in [0, 0.05) is 54.1 Å². The van der Waals surface area contributed by atoms with Crippen molar-refractivity contribution < 1.29 is 0 Å². The molecule has 2 bridgehead atoms. The number of rotatable bonds is 4. The lowest BCUT2D eigenvalue weighted by atomic mass is 9.87. The highest BCUT2D eigenvalue weighted by molar-refractivity contribution is 9.10. The largest absolute Gasteiger partial charge is 0.348 e. The van der Waals surface area contributed by atoms with Crippen molar-refractivity contribution in [2.75, 3.05) is 24.2 Å². The van der Waals surface area contributed by atoms with E-state index in [-0.39, 0.29) is 0 Å². The van der Waals surface area contributed by atoms with Crippen LogP contribution >= 0.6 is 27.7 Å². The van der Waals surface area contributed by atoms with Gasteiger partial charge in [0.2, 0.25) is 0 Å². The van der Waals surface area contributed by atoms with Crippen molar-refractivity contribution in [3.05, 3.63) is 40.3 Å². The summed E-state index contributed by atoms with van der Waals surface area (Å²) >= 11 is 5.05. The summed E-state index contributed by atoms with van der Waals surface area (Å²) < 4.78 is 1.03. The number of thioether (sulfide) groups is 1. The van der Waals surface area contributed by atoms with Gasteiger partial charge in [-0.3, -0.25) is 9.88 Å². The number of fused-ring (bicyclic) bond motifs is 2. The Morgan fingerprint density at radius 1 is 1.25 bits per heavy atom. The zero-order valence-corrected chi connectivity index (χ0v) is 16.2. The number of piperidine rings is 1. The fourth-order valence-electron chi connectivity index (χ4n) is 3.68. The van der Waals surface area contributed by atoms with Crippen LogP contribution in [0.3, 0.4) is 0 Å². The summed E-state index contributed by atoms with van der Waals surface area (Å²) in [7, 11) is 0. The van der Waals surface area contributed by atoms with E-state index in [2.05, 4.69) is 53.9 Å². The van der Waals surface area contributed by atoms with Gasteiger partial charge < -0.3 is 4.90 Å². The molecule has 0 aliphatic carbocycles. The number of halogens is 1. The van der Waals surface area contributed by atoms with Gasteiger partial charge in [0.05, 0.1) is 5.69 Å². The Morgan fingerprint density at radius 2 is 2.04 bits per heavy atom. The molecule has 0 amide bonds. The molecule has 2 unspecified atom stereocenters. The minimum atomic E-state index is 0.559. The van der Waals surface area contributed by atoms with Crippen molar-refractivity contribution in [2.45, 2.75) is 37.1 Å². The number of nitrogens with zero attached hydrogens (tertiary/aromatic N) is 5. The van der Waals surface area contributed by atoms with Gasteiger partial charge in [-0.05, 0) is 47.7 Å². The second-order valence-electron chi connectivity index (χ2n) is 6.47. The second kappa shape index (κ2) is 6.61. The molecule has 24 heavy (non-hydrogen) atoms. The molecule has 0 radical (unpaired) electrons. The van der Waals surface area contributed by atoms with E-state index in [4.69, 9.17) is 4.98 Å². The molecule has 5 nitrogen and oxygen atoms in total. The second-order valence-corrected chi connectivity index (χ2v) is 8.16. The third-order valence-corrected chi connectivity index (χ3v) is 5.73. The molecule has 2 aromatic rings. The van der Waals surface area contributed by atoms with Gasteiger partial charge >= 0.3 is 0 Å². The lowest BCUT2D eigenvalue weighted by Crippen LogP contribution is -2.69. The molecule has 0 aromatic carbocycles. The van der Waals surface area contributed by atoms with Gasteiger partial charge in [-0.15, -0.1) is 0 Å². The van der Waals surface area contributed by atoms with Crippen LogP contribution in [0.25, 0.3) is 0 Å². The number of piperazine rings is 1. The third kappa shape index (κ3) is 3.17. The molecule has 0 saturated carbocycles. The third-order valence-electron chi connectivity index (χ3n) is 4.71. The number of anilines is 1. The molecule has 3 aliphatic rings. The molecule has 126 valence electrons. The number of aromatic nitrogens is 3. The standard InChI is InChI=1S/C17H20BrN5S/c1-11-5-16(21-17(20-11)24-2)23-14-6-15(23)10-22(9-14)8-13-4-3-12(18)7-19-13/h3-5,7,14-15H,6,8-10H2,1-2H3. The number of aryl methyl sites for hydroxylation is 1. The van der Waals surface area contributed by atoms with Crippen molar-refractivity contribution in [3.8, 4) is 0 Å². The molecule has 3 aliphatic heterocycles. The van der Waals surface area contributed by atoms with Crippen LogP contribution in [0.15, 0.2) is 34.0 Å². The highest BCUT2D eigenvalue weighted by Crippen LogP contribution is 2.37. The average molecular weight is 406 g/mol. The zero-order valence-electron chi connectivity index (χ0n) is 13.8. The quantitative estimate of drug-likeness (QED) is 0.574. The SMILES string of the molecule is CSc1nc(C)cc(N2C3CC2CN(Cc2ccc(Br)cn2)C3)n1. The lowest BCUT2D eigenvalue weighted by molar-refractivity contribution is 0.106. The molecule has 2 atom stereocenters. The Bertz CT molecular complexity index is 726. The van der Waals surface area contributed by atoms with Crippen LogP contribution in [0.4, 0.5) is 5.82 Å². The van der Waals surface area contributed by atoms with Crippen LogP contribution < -0.4 is 4.90 Å². The summed E-state index contributed by atoms with van der Waals surface area (Å²) in [5.74, 6) is 1.09. The lowest BCUT2D eigenvalue weighted by Gasteiger charge is -2.57. The van der Waals surface area contributed by atoms with E-state index in [9.17, 15) is 0 Å². The molecule has 7 heteroatoms. The van der Waals surface area contributed by atoms with Crippen LogP contribution in [0.1, 0.15) is 17.8 Å². The molecule has 5 heterocycles. The Labute approximate surface area is 155 Å². The average Bonchev–Trinajstić information content (AvgIpc) is 2.56. The first-order chi connectivity index (χ1) is 11.6. The molecule has 5 rings (SSSR count). The number of hydrogen-bond donors (Lipinski definition) is 0. The Morgan fingerprint density at radius 3 is 2.71 bits per heavy atom. The van der Waals surface area contributed by atoms with Gasteiger partial charge in [0.15, 0.2) is 5.16 Å². The van der Waals surface area contributed by atoms with E-state index in [0.29, 0.717) is 12.1 Å². The van der Waals surface area contributed by atoms with Gasteiger partial charge in [-0.1, -0.05) is 11.8 Å². The summed E-state index contributed by atoms with van der Waals surface area (Å²) in [4.78, 5) is 18.7. The van der Waals surface area contributed by atoms with Crippen LogP contribution in [0, 0.1) is 6.92 Å². The molecule has 0 spiro atoms. The maximum atomic E-state index is 4.72. The van der Waals surface area contributed by atoms with Crippen LogP contribution in [0.5, 0.6) is 0 Å². The fraction of sp³-hybridized carbons (Fsp3) is 0.471. The van der Waals surface area contributed by atoms with E-state index in [1.807, 2.05) is 19.4 Å². The number of hydrogen-bond acceptors (Lipinski definition) is 6. The van der Waals surface area contributed by atoms with Crippen LogP contribution in [-0.4, -0.2) is 51.3 Å². The minimum Gasteiger partial charge on any atom is -0.348 e.